The van der Waals surface area contributed by atoms with Crippen LogP contribution in [0.3, 0.4) is 0 Å². The van der Waals surface area contributed by atoms with E-state index in [1.165, 1.54) is 0 Å². The molecule has 0 aliphatic carbocycles. The van der Waals surface area contributed by atoms with E-state index in [1.807, 2.05) is 56.0 Å². The molecule has 0 radical (unpaired) electrons. The van der Waals surface area contributed by atoms with Gasteiger partial charge in [-0.2, -0.15) is 4.98 Å². The molecule has 1 aliphatic heterocycles. The molecule has 2 aromatic carbocycles. The number of β-amino-alcohol motifs (C(OH)–C–C–N with tert-alkyl or cyclic N) is 1. The van der Waals surface area contributed by atoms with Crippen LogP contribution in [-0.2, 0) is 11.3 Å². The van der Waals surface area contributed by atoms with Crippen LogP contribution in [0, 0.1) is 6.92 Å². The molecule has 9 heteroatoms. The van der Waals surface area contributed by atoms with Gasteiger partial charge in [0, 0.05) is 38.3 Å². The van der Waals surface area contributed by atoms with Crippen LogP contribution in [0.15, 0.2) is 40.9 Å². The van der Waals surface area contributed by atoms with Crippen molar-refractivity contribution < 1.29 is 23.9 Å². The topological polar surface area (TPSA) is 101 Å². The number of aryl methyl sites for hydroxylation is 1. The van der Waals surface area contributed by atoms with Gasteiger partial charge in [-0.25, -0.2) is 0 Å². The van der Waals surface area contributed by atoms with Crippen LogP contribution in [0.25, 0.3) is 22.8 Å². The van der Waals surface area contributed by atoms with Crippen molar-refractivity contribution >= 4 is 5.91 Å². The average molecular weight is 495 g/mol. The fraction of sp³-hybridized carbons (Fsp3) is 0.444. The Morgan fingerprint density at radius 2 is 1.89 bits per heavy atom. The summed E-state index contributed by atoms with van der Waals surface area (Å²) in [7, 11) is 3.49. The molecule has 36 heavy (non-hydrogen) atoms. The molecule has 1 aromatic heterocycles. The molecule has 2 atom stereocenters. The maximum absolute atomic E-state index is 12.6. The normalized spacial score (nSPS) is 17.8. The van der Waals surface area contributed by atoms with Gasteiger partial charge in [-0.1, -0.05) is 23.4 Å². The summed E-state index contributed by atoms with van der Waals surface area (Å²) in [5.74, 6) is 2.22. The molecule has 1 amide bonds. The quantitative estimate of drug-likeness (QED) is 0.482. The van der Waals surface area contributed by atoms with Gasteiger partial charge in [0.05, 0.1) is 25.4 Å². The largest absolute Gasteiger partial charge is 0.490 e. The minimum atomic E-state index is -0.497. The summed E-state index contributed by atoms with van der Waals surface area (Å²) >= 11 is 0. The predicted molar refractivity (Wildman–Crippen MR) is 136 cm³/mol. The fourth-order valence-corrected chi connectivity index (χ4v) is 4.55. The van der Waals surface area contributed by atoms with Gasteiger partial charge in [0.1, 0.15) is 0 Å². The number of nitrogens with zero attached hydrogens (tertiary/aromatic N) is 4. The number of amides is 1. The molecular formula is C27H34N4O5. The first-order valence-electron chi connectivity index (χ1n) is 12.3. The van der Waals surface area contributed by atoms with E-state index in [-0.39, 0.29) is 11.9 Å². The van der Waals surface area contributed by atoms with Gasteiger partial charge in [-0.05, 0) is 56.5 Å². The fourth-order valence-electron chi connectivity index (χ4n) is 4.55. The minimum Gasteiger partial charge on any atom is -0.490 e. The van der Waals surface area contributed by atoms with Gasteiger partial charge in [0.15, 0.2) is 11.5 Å². The van der Waals surface area contributed by atoms with Gasteiger partial charge in [-0.3, -0.25) is 9.69 Å². The lowest BCUT2D eigenvalue weighted by Crippen LogP contribution is -2.42. The lowest BCUT2D eigenvalue weighted by molar-refractivity contribution is -0.133. The number of likely N-dealkylation sites (N-methyl/N-ethyl adjacent to an activating group) is 1. The van der Waals surface area contributed by atoms with E-state index < -0.39 is 6.10 Å². The molecule has 0 saturated carbocycles. The van der Waals surface area contributed by atoms with E-state index in [0.29, 0.717) is 55.9 Å². The molecule has 4 rings (SSSR count). The second-order valence-corrected chi connectivity index (χ2v) is 9.17. The molecule has 0 spiro atoms. The lowest BCUT2D eigenvalue weighted by Gasteiger charge is -2.26. The number of carbonyl (C=O) groups is 1. The summed E-state index contributed by atoms with van der Waals surface area (Å²) in [6.45, 7) is 7.97. The molecule has 1 saturated heterocycles. The van der Waals surface area contributed by atoms with E-state index in [2.05, 4.69) is 16.2 Å². The highest BCUT2D eigenvalue weighted by Crippen LogP contribution is 2.33. The van der Waals surface area contributed by atoms with Crippen LogP contribution >= 0.6 is 0 Å². The summed E-state index contributed by atoms with van der Waals surface area (Å²) in [6.07, 6.45) is -0.0427. The summed E-state index contributed by atoms with van der Waals surface area (Å²) in [5.41, 5.74) is 3.67. The first-order chi connectivity index (χ1) is 17.3. The van der Waals surface area contributed by atoms with Crippen LogP contribution < -0.4 is 9.47 Å². The number of hydrogen-bond donors (Lipinski definition) is 1. The molecule has 2 heterocycles. The number of aliphatic hydroxyl groups is 1. The van der Waals surface area contributed by atoms with Gasteiger partial charge in [0.25, 0.3) is 5.89 Å². The Labute approximate surface area is 211 Å². The Balaban J connectivity index is 1.53. The molecule has 2 unspecified atom stereocenters. The van der Waals surface area contributed by atoms with Crippen LogP contribution in [0.2, 0.25) is 0 Å². The Morgan fingerprint density at radius 1 is 1.14 bits per heavy atom. The van der Waals surface area contributed by atoms with Crippen molar-refractivity contribution in [3.05, 3.63) is 47.5 Å². The van der Waals surface area contributed by atoms with Gasteiger partial charge < -0.3 is 24.0 Å². The van der Waals surface area contributed by atoms with Crippen molar-refractivity contribution in [2.24, 2.45) is 0 Å². The van der Waals surface area contributed by atoms with E-state index in [4.69, 9.17) is 14.0 Å². The van der Waals surface area contributed by atoms with Crippen molar-refractivity contribution in [2.45, 2.75) is 45.9 Å². The maximum atomic E-state index is 12.6. The zero-order valence-electron chi connectivity index (χ0n) is 21.5. The molecule has 1 fully saturated rings. The molecule has 9 nitrogen and oxygen atoms in total. The number of ether oxygens (including phenoxy) is 2. The highest BCUT2D eigenvalue weighted by molar-refractivity contribution is 5.81. The Kier molecular flexibility index (Phi) is 7.91. The van der Waals surface area contributed by atoms with Crippen molar-refractivity contribution in [2.75, 3.05) is 33.9 Å². The standard InChI is InChI=1S/C27H34N4O5/c1-6-34-23-11-9-19(13-24(23)35-7-2)26-28-25(29-36-26)21-10-8-18(12-17(21)3)15-31-16-20(32)14-22(31)27(33)30(4)5/h8-13,20,22,32H,6-7,14-16H2,1-5H3. The van der Waals surface area contributed by atoms with Crippen molar-refractivity contribution in [3.8, 4) is 34.3 Å². The van der Waals surface area contributed by atoms with Crippen molar-refractivity contribution in [3.63, 3.8) is 0 Å². The lowest BCUT2D eigenvalue weighted by atomic mass is 10.0. The van der Waals surface area contributed by atoms with Crippen LogP contribution in [0.5, 0.6) is 11.5 Å². The Morgan fingerprint density at radius 3 is 2.58 bits per heavy atom. The number of hydrogen-bond acceptors (Lipinski definition) is 8. The number of benzene rings is 2. The number of likely N-dealkylation sites (tertiary alicyclic amines) is 1. The molecule has 1 N–H and O–H groups in total. The summed E-state index contributed by atoms with van der Waals surface area (Å²) < 4.78 is 16.9. The summed E-state index contributed by atoms with van der Waals surface area (Å²) in [4.78, 5) is 20.8. The molecule has 192 valence electrons. The molecule has 0 bridgehead atoms. The van der Waals surface area contributed by atoms with E-state index in [9.17, 15) is 9.90 Å². The predicted octanol–water partition coefficient (Wildman–Crippen LogP) is 3.53. The van der Waals surface area contributed by atoms with Crippen LogP contribution in [-0.4, -0.2) is 77.0 Å². The van der Waals surface area contributed by atoms with E-state index in [1.54, 1.807) is 19.0 Å². The van der Waals surface area contributed by atoms with E-state index in [0.717, 1.165) is 22.3 Å². The third-order valence-electron chi connectivity index (χ3n) is 6.24. The highest BCUT2D eigenvalue weighted by atomic mass is 16.5. The zero-order chi connectivity index (χ0) is 25.8. The average Bonchev–Trinajstić information content (AvgIpc) is 3.47. The monoisotopic (exact) mass is 494 g/mol. The molecule has 1 aliphatic rings. The second-order valence-electron chi connectivity index (χ2n) is 9.17. The number of carbonyl (C=O) groups excluding carboxylic acids is 1. The third-order valence-corrected chi connectivity index (χ3v) is 6.24. The number of rotatable bonds is 9. The SMILES string of the molecule is CCOc1ccc(-c2nc(-c3ccc(CN4CC(O)CC4C(=O)N(C)C)cc3C)no2)cc1OCC. The van der Waals surface area contributed by atoms with Gasteiger partial charge in [-0.15, -0.1) is 0 Å². The van der Waals surface area contributed by atoms with Crippen molar-refractivity contribution in [1.29, 1.82) is 0 Å². The third kappa shape index (κ3) is 5.52. The highest BCUT2D eigenvalue weighted by Gasteiger charge is 2.36. The summed E-state index contributed by atoms with van der Waals surface area (Å²) in [6, 6.07) is 11.3. The smallest absolute Gasteiger partial charge is 0.258 e. The van der Waals surface area contributed by atoms with Gasteiger partial charge in [0.2, 0.25) is 11.7 Å². The van der Waals surface area contributed by atoms with Crippen LogP contribution in [0.1, 0.15) is 31.4 Å². The van der Waals surface area contributed by atoms with E-state index >= 15 is 0 Å². The summed E-state index contributed by atoms with van der Waals surface area (Å²) in [5, 5.41) is 14.4. The maximum Gasteiger partial charge on any atom is 0.258 e. The Bertz CT molecular complexity index is 1210. The Hall–Kier alpha value is -3.43. The molecular weight excluding hydrogens is 460 g/mol. The van der Waals surface area contributed by atoms with Crippen LogP contribution in [0.4, 0.5) is 0 Å². The number of aliphatic hydroxyl groups excluding tert-OH is 1. The number of aromatic nitrogens is 2. The van der Waals surface area contributed by atoms with Crippen molar-refractivity contribution in [1.82, 2.24) is 19.9 Å². The second kappa shape index (κ2) is 11.1. The van der Waals surface area contributed by atoms with Gasteiger partial charge >= 0.3 is 0 Å². The minimum absolute atomic E-state index is 0.0148. The molecule has 3 aromatic rings. The first kappa shape index (κ1) is 25.7. The first-order valence-corrected chi connectivity index (χ1v) is 12.3. The zero-order valence-corrected chi connectivity index (χ0v) is 21.5.